The summed E-state index contributed by atoms with van der Waals surface area (Å²) in [5.41, 5.74) is 1.91. The quantitative estimate of drug-likeness (QED) is 0.424. The lowest BCUT2D eigenvalue weighted by atomic mass is 10.1. The standard InChI is InChI=1S/C22H24IN3O2/c1-5-26(6-2)22-19-13-16(23)8-9-20(19)24-21(25-22)10-7-15-11-17(27-3)14-18(12-15)28-4/h7-14H,5-6H2,1-4H3/b10-7+. The van der Waals surface area contributed by atoms with Crippen molar-refractivity contribution in [3.05, 3.63) is 51.4 Å². The van der Waals surface area contributed by atoms with Gasteiger partial charge in [0.1, 0.15) is 17.3 Å². The van der Waals surface area contributed by atoms with Crippen molar-refractivity contribution in [1.29, 1.82) is 0 Å². The first-order valence-corrected chi connectivity index (χ1v) is 10.3. The summed E-state index contributed by atoms with van der Waals surface area (Å²) in [4.78, 5) is 11.8. The summed E-state index contributed by atoms with van der Waals surface area (Å²) in [6, 6.07) is 12.0. The summed E-state index contributed by atoms with van der Waals surface area (Å²) in [5, 5.41) is 1.08. The van der Waals surface area contributed by atoms with Gasteiger partial charge in [0, 0.05) is 28.1 Å². The van der Waals surface area contributed by atoms with Crippen molar-refractivity contribution in [2.45, 2.75) is 13.8 Å². The smallest absolute Gasteiger partial charge is 0.154 e. The summed E-state index contributed by atoms with van der Waals surface area (Å²) in [6.07, 6.45) is 3.91. The van der Waals surface area contributed by atoms with E-state index in [4.69, 9.17) is 19.4 Å². The van der Waals surface area contributed by atoms with E-state index in [9.17, 15) is 0 Å². The van der Waals surface area contributed by atoms with E-state index >= 15 is 0 Å². The molecular weight excluding hydrogens is 465 g/mol. The third kappa shape index (κ3) is 4.55. The molecule has 0 saturated heterocycles. The lowest BCUT2D eigenvalue weighted by molar-refractivity contribution is 0.394. The van der Waals surface area contributed by atoms with Gasteiger partial charge in [-0.05, 0) is 78.4 Å². The van der Waals surface area contributed by atoms with E-state index in [2.05, 4.69) is 59.5 Å². The van der Waals surface area contributed by atoms with Crippen LogP contribution in [-0.2, 0) is 0 Å². The van der Waals surface area contributed by atoms with Crippen molar-refractivity contribution in [1.82, 2.24) is 9.97 Å². The Morgan fingerprint density at radius 2 is 1.61 bits per heavy atom. The average Bonchev–Trinajstić information content (AvgIpc) is 2.73. The van der Waals surface area contributed by atoms with Gasteiger partial charge in [0.15, 0.2) is 5.82 Å². The lowest BCUT2D eigenvalue weighted by Crippen LogP contribution is -2.23. The number of nitrogens with zero attached hydrogens (tertiary/aromatic N) is 3. The summed E-state index contributed by atoms with van der Waals surface area (Å²) >= 11 is 2.33. The Bertz CT molecular complexity index is 978. The fourth-order valence-electron chi connectivity index (χ4n) is 3.04. The van der Waals surface area contributed by atoms with Crippen molar-refractivity contribution in [2.75, 3.05) is 32.2 Å². The third-order valence-electron chi connectivity index (χ3n) is 4.52. The largest absolute Gasteiger partial charge is 0.497 e. The first-order chi connectivity index (χ1) is 13.6. The number of hydrogen-bond donors (Lipinski definition) is 0. The Kier molecular flexibility index (Phi) is 6.72. The van der Waals surface area contributed by atoms with Crippen molar-refractivity contribution >= 4 is 51.5 Å². The predicted octanol–water partition coefficient (Wildman–Crippen LogP) is 5.27. The highest BCUT2D eigenvalue weighted by Gasteiger charge is 2.12. The van der Waals surface area contributed by atoms with Crippen molar-refractivity contribution in [3.8, 4) is 11.5 Å². The molecule has 0 aliphatic rings. The molecule has 28 heavy (non-hydrogen) atoms. The third-order valence-corrected chi connectivity index (χ3v) is 5.19. The maximum absolute atomic E-state index is 5.35. The van der Waals surface area contributed by atoms with Gasteiger partial charge in [0.2, 0.25) is 0 Å². The van der Waals surface area contributed by atoms with Crippen LogP contribution in [0, 0.1) is 3.57 Å². The van der Waals surface area contributed by atoms with Crippen LogP contribution in [0.5, 0.6) is 11.5 Å². The van der Waals surface area contributed by atoms with Gasteiger partial charge < -0.3 is 14.4 Å². The van der Waals surface area contributed by atoms with Gasteiger partial charge in [-0.2, -0.15) is 0 Å². The minimum atomic E-state index is 0.678. The van der Waals surface area contributed by atoms with Gasteiger partial charge in [-0.15, -0.1) is 0 Å². The van der Waals surface area contributed by atoms with E-state index in [1.54, 1.807) is 14.2 Å². The summed E-state index contributed by atoms with van der Waals surface area (Å²) in [6.45, 7) is 6.07. The van der Waals surface area contributed by atoms with Gasteiger partial charge in [0.05, 0.1) is 19.7 Å². The van der Waals surface area contributed by atoms with Gasteiger partial charge in [0.25, 0.3) is 0 Å². The molecular formula is C22H24IN3O2. The molecule has 0 unspecified atom stereocenters. The van der Waals surface area contributed by atoms with Crippen LogP contribution in [0.1, 0.15) is 25.2 Å². The molecule has 0 aliphatic carbocycles. The normalized spacial score (nSPS) is 11.2. The lowest BCUT2D eigenvalue weighted by Gasteiger charge is -2.21. The Morgan fingerprint density at radius 3 is 2.21 bits per heavy atom. The molecule has 3 aromatic rings. The molecule has 0 bridgehead atoms. The zero-order valence-corrected chi connectivity index (χ0v) is 18.7. The number of anilines is 1. The monoisotopic (exact) mass is 489 g/mol. The summed E-state index contributed by atoms with van der Waals surface area (Å²) in [5.74, 6) is 3.14. The molecule has 0 amide bonds. The van der Waals surface area contributed by atoms with Crippen LogP contribution in [-0.4, -0.2) is 37.3 Å². The zero-order chi connectivity index (χ0) is 20.1. The number of benzene rings is 2. The van der Waals surface area contributed by atoms with Gasteiger partial charge in [-0.25, -0.2) is 9.97 Å². The second-order valence-electron chi connectivity index (χ2n) is 6.22. The predicted molar refractivity (Wildman–Crippen MR) is 124 cm³/mol. The number of rotatable bonds is 7. The summed E-state index contributed by atoms with van der Waals surface area (Å²) < 4.78 is 11.9. The molecule has 1 aromatic heterocycles. The minimum absolute atomic E-state index is 0.678. The average molecular weight is 489 g/mol. The fraction of sp³-hybridized carbons (Fsp3) is 0.273. The van der Waals surface area contributed by atoms with Crippen LogP contribution in [0.25, 0.3) is 23.1 Å². The van der Waals surface area contributed by atoms with Gasteiger partial charge in [-0.3, -0.25) is 0 Å². The van der Waals surface area contributed by atoms with E-state index < -0.39 is 0 Å². The minimum Gasteiger partial charge on any atom is -0.497 e. The van der Waals surface area contributed by atoms with Crippen molar-refractivity contribution < 1.29 is 9.47 Å². The van der Waals surface area contributed by atoms with E-state index in [1.807, 2.05) is 30.4 Å². The fourth-order valence-corrected chi connectivity index (χ4v) is 3.53. The summed E-state index contributed by atoms with van der Waals surface area (Å²) in [7, 11) is 3.29. The number of aromatic nitrogens is 2. The van der Waals surface area contributed by atoms with E-state index in [0.29, 0.717) is 5.82 Å². The first-order valence-electron chi connectivity index (χ1n) is 9.21. The van der Waals surface area contributed by atoms with Gasteiger partial charge >= 0.3 is 0 Å². The van der Waals surface area contributed by atoms with Crippen molar-refractivity contribution in [2.24, 2.45) is 0 Å². The Balaban J connectivity index is 2.06. The number of ether oxygens (including phenoxy) is 2. The molecule has 0 aliphatic heterocycles. The number of hydrogen-bond acceptors (Lipinski definition) is 5. The number of methoxy groups -OCH3 is 2. The molecule has 146 valence electrons. The molecule has 0 atom stereocenters. The molecule has 3 rings (SSSR count). The Morgan fingerprint density at radius 1 is 0.929 bits per heavy atom. The maximum Gasteiger partial charge on any atom is 0.154 e. The molecule has 0 spiro atoms. The van der Waals surface area contributed by atoms with Crippen molar-refractivity contribution in [3.63, 3.8) is 0 Å². The van der Waals surface area contributed by atoms with Crippen LogP contribution >= 0.6 is 22.6 Å². The highest BCUT2D eigenvalue weighted by atomic mass is 127. The van der Waals surface area contributed by atoms with Gasteiger partial charge in [-0.1, -0.05) is 6.08 Å². The van der Waals surface area contributed by atoms with E-state index in [1.165, 1.54) is 3.57 Å². The Labute approximate surface area is 179 Å². The number of fused-ring (bicyclic) bond motifs is 1. The van der Waals surface area contributed by atoms with Crippen LogP contribution in [0.4, 0.5) is 5.82 Å². The van der Waals surface area contributed by atoms with Crippen LogP contribution in [0.15, 0.2) is 36.4 Å². The van der Waals surface area contributed by atoms with Crippen LogP contribution < -0.4 is 14.4 Å². The maximum atomic E-state index is 5.35. The second-order valence-corrected chi connectivity index (χ2v) is 7.46. The Hall–Kier alpha value is -2.35. The van der Waals surface area contributed by atoms with E-state index in [0.717, 1.165) is 46.9 Å². The molecule has 1 heterocycles. The molecule has 0 fully saturated rings. The van der Waals surface area contributed by atoms with E-state index in [-0.39, 0.29) is 0 Å². The van der Waals surface area contributed by atoms with Crippen LogP contribution in [0.3, 0.4) is 0 Å². The molecule has 6 heteroatoms. The SMILES string of the molecule is CCN(CC)c1nc(/C=C/c2cc(OC)cc(OC)c2)nc2ccc(I)cc12. The van der Waals surface area contributed by atoms with Crippen LogP contribution in [0.2, 0.25) is 0 Å². The number of halogens is 1. The first kappa shape index (κ1) is 20.4. The molecule has 0 radical (unpaired) electrons. The highest BCUT2D eigenvalue weighted by molar-refractivity contribution is 14.1. The zero-order valence-electron chi connectivity index (χ0n) is 16.6. The molecule has 0 N–H and O–H groups in total. The molecule has 2 aromatic carbocycles. The molecule has 0 saturated carbocycles. The molecule has 5 nitrogen and oxygen atoms in total. The second kappa shape index (κ2) is 9.23. The highest BCUT2D eigenvalue weighted by Crippen LogP contribution is 2.27. The topological polar surface area (TPSA) is 47.5 Å².